The van der Waals surface area contributed by atoms with Crippen molar-refractivity contribution in [3.05, 3.63) is 29.8 Å². The minimum atomic E-state index is -0.145. The molecule has 1 saturated carbocycles. The summed E-state index contributed by atoms with van der Waals surface area (Å²) in [5.74, 6) is 0.511. The van der Waals surface area contributed by atoms with Gasteiger partial charge in [-0.2, -0.15) is 4.80 Å². The number of aliphatic hydroxyl groups excluding tert-OH is 1. The zero-order chi connectivity index (χ0) is 16.9. The summed E-state index contributed by atoms with van der Waals surface area (Å²) >= 11 is 0. The van der Waals surface area contributed by atoms with Gasteiger partial charge >= 0.3 is 0 Å². The molecule has 0 aliphatic heterocycles. The molecule has 128 valence electrons. The normalized spacial score (nSPS) is 20.8. The van der Waals surface area contributed by atoms with Crippen LogP contribution in [0.4, 0.5) is 0 Å². The predicted octanol–water partition coefficient (Wildman–Crippen LogP) is 1.32. The van der Waals surface area contributed by atoms with Gasteiger partial charge in [0.2, 0.25) is 11.7 Å². The van der Waals surface area contributed by atoms with Crippen molar-refractivity contribution in [2.45, 2.75) is 45.2 Å². The Kier molecular flexibility index (Phi) is 5.20. The zero-order valence-electron chi connectivity index (χ0n) is 13.9. The molecule has 2 unspecified atom stereocenters. The lowest BCUT2D eigenvalue weighted by molar-refractivity contribution is -0.123. The van der Waals surface area contributed by atoms with Crippen molar-refractivity contribution in [3.63, 3.8) is 0 Å². The Bertz CT molecular complexity index is 683. The van der Waals surface area contributed by atoms with E-state index in [2.05, 4.69) is 20.7 Å². The topological polar surface area (TPSA) is 92.9 Å². The van der Waals surface area contributed by atoms with Crippen molar-refractivity contribution >= 4 is 5.91 Å². The van der Waals surface area contributed by atoms with Gasteiger partial charge < -0.3 is 10.4 Å². The maximum absolute atomic E-state index is 12.2. The fraction of sp³-hybridized carbons (Fsp3) is 0.529. The van der Waals surface area contributed by atoms with E-state index in [1.165, 1.54) is 4.80 Å². The van der Waals surface area contributed by atoms with Gasteiger partial charge in [0.1, 0.15) is 6.54 Å². The molecule has 1 aliphatic carbocycles. The number of benzene rings is 1. The average molecular weight is 329 g/mol. The van der Waals surface area contributed by atoms with Crippen LogP contribution in [0.1, 0.15) is 31.2 Å². The van der Waals surface area contributed by atoms with Gasteiger partial charge in [-0.25, -0.2) is 0 Å². The van der Waals surface area contributed by atoms with Crippen LogP contribution in [0.3, 0.4) is 0 Å². The van der Waals surface area contributed by atoms with Gasteiger partial charge in [-0.05, 0) is 25.0 Å². The van der Waals surface area contributed by atoms with Crippen LogP contribution in [0.2, 0.25) is 0 Å². The molecule has 2 aromatic rings. The third-order valence-electron chi connectivity index (χ3n) is 4.54. The number of hydrogen-bond donors (Lipinski definition) is 2. The number of amides is 1. The summed E-state index contributed by atoms with van der Waals surface area (Å²) in [5, 5.41) is 24.6. The van der Waals surface area contributed by atoms with Crippen molar-refractivity contribution in [1.82, 2.24) is 25.5 Å². The molecule has 1 aliphatic rings. The quantitative estimate of drug-likeness (QED) is 0.863. The second-order valence-corrected chi connectivity index (χ2v) is 6.41. The molecule has 3 rings (SSSR count). The van der Waals surface area contributed by atoms with Gasteiger partial charge in [-0.15, -0.1) is 10.2 Å². The number of nitrogens with zero attached hydrogens (tertiary/aromatic N) is 4. The highest BCUT2D eigenvalue weighted by atomic mass is 16.3. The minimum Gasteiger partial charge on any atom is -0.396 e. The van der Waals surface area contributed by atoms with E-state index in [0.717, 1.165) is 36.8 Å². The second-order valence-electron chi connectivity index (χ2n) is 6.41. The molecule has 7 nitrogen and oxygen atoms in total. The number of tetrazole rings is 1. The van der Waals surface area contributed by atoms with Crippen LogP contribution in [0.15, 0.2) is 24.3 Å². The van der Waals surface area contributed by atoms with Crippen LogP contribution in [-0.4, -0.2) is 43.9 Å². The molecule has 0 saturated heterocycles. The number of aryl methyl sites for hydroxylation is 1. The summed E-state index contributed by atoms with van der Waals surface area (Å²) in [6.07, 6.45) is 4.07. The molecular weight excluding hydrogens is 306 g/mol. The maximum Gasteiger partial charge on any atom is 0.243 e. The lowest BCUT2D eigenvalue weighted by Gasteiger charge is -2.30. The Hall–Kier alpha value is -2.28. The fourth-order valence-electron chi connectivity index (χ4n) is 3.13. The van der Waals surface area contributed by atoms with E-state index in [0.29, 0.717) is 5.82 Å². The van der Waals surface area contributed by atoms with E-state index in [1.807, 2.05) is 31.2 Å². The Morgan fingerprint density at radius 3 is 2.79 bits per heavy atom. The van der Waals surface area contributed by atoms with Crippen LogP contribution in [0, 0.1) is 12.8 Å². The Morgan fingerprint density at radius 2 is 2.04 bits per heavy atom. The minimum absolute atomic E-state index is 0.0352. The van der Waals surface area contributed by atoms with E-state index >= 15 is 0 Å². The molecular formula is C17H23N5O2. The van der Waals surface area contributed by atoms with E-state index in [9.17, 15) is 9.90 Å². The van der Waals surface area contributed by atoms with Crippen LogP contribution >= 0.6 is 0 Å². The summed E-state index contributed by atoms with van der Waals surface area (Å²) < 4.78 is 0. The lowest BCUT2D eigenvalue weighted by atomic mass is 9.85. The second kappa shape index (κ2) is 7.53. The molecule has 1 aromatic carbocycles. The summed E-state index contributed by atoms with van der Waals surface area (Å²) in [6, 6.07) is 7.88. The smallest absolute Gasteiger partial charge is 0.243 e. The van der Waals surface area contributed by atoms with Crippen molar-refractivity contribution in [3.8, 4) is 11.4 Å². The largest absolute Gasteiger partial charge is 0.396 e. The first-order valence-electron chi connectivity index (χ1n) is 8.41. The Morgan fingerprint density at radius 1 is 1.29 bits per heavy atom. The first-order chi connectivity index (χ1) is 11.7. The number of rotatable bonds is 5. The number of carbonyl (C=O) groups excluding carboxylic acids is 1. The molecule has 7 heteroatoms. The van der Waals surface area contributed by atoms with Crippen LogP contribution < -0.4 is 5.32 Å². The zero-order valence-corrected chi connectivity index (χ0v) is 13.9. The molecule has 0 spiro atoms. The highest BCUT2D eigenvalue weighted by Crippen LogP contribution is 2.23. The van der Waals surface area contributed by atoms with Crippen molar-refractivity contribution in [1.29, 1.82) is 0 Å². The molecule has 24 heavy (non-hydrogen) atoms. The molecule has 1 fully saturated rings. The standard InChI is InChI=1S/C17H23N5O2/c1-12-6-8-13(9-7-12)17-19-21-22(20-17)10-16(24)18-15-5-3-2-4-14(15)11-23/h6-9,14-15,23H,2-5,10-11H2,1H3,(H,18,24). The summed E-state index contributed by atoms with van der Waals surface area (Å²) in [7, 11) is 0. The summed E-state index contributed by atoms with van der Waals surface area (Å²) in [4.78, 5) is 13.5. The number of nitrogens with one attached hydrogen (secondary N) is 1. The van der Waals surface area contributed by atoms with E-state index < -0.39 is 0 Å². The highest BCUT2D eigenvalue weighted by Gasteiger charge is 2.26. The molecule has 2 atom stereocenters. The first-order valence-corrected chi connectivity index (χ1v) is 8.41. The Balaban J connectivity index is 1.59. The monoisotopic (exact) mass is 329 g/mol. The van der Waals surface area contributed by atoms with Crippen LogP contribution in [0.5, 0.6) is 0 Å². The highest BCUT2D eigenvalue weighted by molar-refractivity contribution is 5.75. The third kappa shape index (κ3) is 3.97. The van der Waals surface area contributed by atoms with E-state index in [1.54, 1.807) is 0 Å². The summed E-state index contributed by atoms with van der Waals surface area (Å²) in [6.45, 7) is 2.17. The van der Waals surface area contributed by atoms with Gasteiger partial charge in [0.25, 0.3) is 0 Å². The van der Waals surface area contributed by atoms with Gasteiger partial charge in [0, 0.05) is 24.1 Å². The van der Waals surface area contributed by atoms with Crippen molar-refractivity contribution in [2.24, 2.45) is 5.92 Å². The predicted molar refractivity (Wildman–Crippen MR) is 89.0 cm³/mol. The molecule has 1 aromatic heterocycles. The number of aliphatic hydroxyl groups is 1. The molecule has 0 bridgehead atoms. The first kappa shape index (κ1) is 16.6. The fourth-order valence-corrected chi connectivity index (χ4v) is 3.13. The summed E-state index contributed by atoms with van der Waals surface area (Å²) in [5.41, 5.74) is 2.04. The van der Waals surface area contributed by atoms with E-state index in [4.69, 9.17) is 0 Å². The number of carbonyl (C=O) groups is 1. The lowest BCUT2D eigenvalue weighted by Crippen LogP contribution is -2.44. The number of hydrogen-bond acceptors (Lipinski definition) is 5. The molecule has 0 radical (unpaired) electrons. The van der Waals surface area contributed by atoms with Crippen molar-refractivity contribution < 1.29 is 9.90 Å². The van der Waals surface area contributed by atoms with Gasteiger partial charge in [-0.1, -0.05) is 42.7 Å². The molecule has 2 N–H and O–H groups in total. The average Bonchev–Trinajstić information content (AvgIpc) is 3.04. The van der Waals surface area contributed by atoms with Crippen LogP contribution in [0.25, 0.3) is 11.4 Å². The van der Waals surface area contributed by atoms with Crippen molar-refractivity contribution in [2.75, 3.05) is 6.61 Å². The molecule has 1 heterocycles. The van der Waals surface area contributed by atoms with Gasteiger partial charge in [0.15, 0.2) is 0 Å². The SMILES string of the molecule is Cc1ccc(-c2nnn(CC(=O)NC3CCCCC3CO)n2)cc1. The Labute approximate surface area is 141 Å². The molecule has 1 amide bonds. The van der Waals surface area contributed by atoms with Gasteiger partial charge in [0.05, 0.1) is 0 Å². The maximum atomic E-state index is 12.2. The number of aromatic nitrogens is 4. The van der Waals surface area contributed by atoms with Gasteiger partial charge in [-0.3, -0.25) is 4.79 Å². The van der Waals surface area contributed by atoms with Crippen LogP contribution in [-0.2, 0) is 11.3 Å². The third-order valence-corrected chi connectivity index (χ3v) is 4.54. The van der Waals surface area contributed by atoms with E-state index in [-0.39, 0.29) is 31.0 Å².